The number of aryl methyl sites for hydroxylation is 2. The summed E-state index contributed by atoms with van der Waals surface area (Å²) in [5, 5.41) is 4.31. The first kappa shape index (κ1) is 17.5. The first-order chi connectivity index (χ1) is 13.3. The van der Waals surface area contributed by atoms with Gasteiger partial charge in [0, 0.05) is 0 Å². The van der Waals surface area contributed by atoms with Crippen molar-refractivity contribution in [2.45, 2.75) is 13.8 Å². The van der Waals surface area contributed by atoms with Crippen molar-refractivity contribution in [2.24, 2.45) is 0 Å². The molecular formula is C26H23Si. The van der Waals surface area contributed by atoms with Gasteiger partial charge in [0.1, 0.15) is 0 Å². The molecule has 0 aliphatic carbocycles. The van der Waals surface area contributed by atoms with E-state index >= 15 is 0 Å². The van der Waals surface area contributed by atoms with E-state index in [4.69, 9.17) is 0 Å². The van der Waals surface area contributed by atoms with Crippen molar-refractivity contribution in [3.05, 3.63) is 114 Å². The van der Waals surface area contributed by atoms with Gasteiger partial charge in [-0.3, -0.25) is 0 Å². The average Bonchev–Trinajstić information content (AvgIpc) is 2.71. The Morgan fingerprint density at radius 1 is 0.481 bits per heavy atom. The molecule has 0 aliphatic heterocycles. The molecule has 0 bridgehead atoms. The molecule has 4 aromatic carbocycles. The van der Waals surface area contributed by atoms with Crippen molar-refractivity contribution >= 4 is 24.4 Å². The van der Waals surface area contributed by atoms with Crippen molar-refractivity contribution in [3.8, 4) is 11.1 Å². The Morgan fingerprint density at radius 2 is 1.00 bits per heavy atom. The first-order valence-corrected chi connectivity index (χ1v) is 10.9. The van der Waals surface area contributed by atoms with Gasteiger partial charge in [-0.25, -0.2) is 0 Å². The van der Waals surface area contributed by atoms with E-state index in [9.17, 15) is 0 Å². The molecule has 0 fully saturated rings. The standard InChI is InChI=1S/C26H23Si/c1-20-12-9-10-18-24(20)26-21(2)13-11-19-25(26)27(22-14-5-3-6-15-22)23-16-7-4-8-17-23/h3-19H,1-2H3. The molecule has 0 unspecified atom stereocenters. The molecule has 0 atom stereocenters. The van der Waals surface area contributed by atoms with Gasteiger partial charge in [0.05, 0.1) is 0 Å². The Hall–Kier alpha value is -2.90. The highest BCUT2D eigenvalue weighted by Crippen LogP contribution is 2.25. The van der Waals surface area contributed by atoms with E-state index in [1.54, 1.807) is 0 Å². The second-order valence-electron chi connectivity index (χ2n) is 6.92. The highest BCUT2D eigenvalue weighted by Gasteiger charge is 2.24. The summed E-state index contributed by atoms with van der Waals surface area (Å²) < 4.78 is 0. The molecule has 1 heteroatoms. The Kier molecular flexibility index (Phi) is 5.04. The van der Waals surface area contributed by atoms with Crippen LogP contribution in [0.3, 0.4) is 0 Å². The lowest BCUT2D eigenvalue weighted by atomic mass is 9.97. The zero-order chi connectivity index (χ0) is 18.6. The monoisotopic (exact) mass is 363 g/mol. The summed E-state index contributed by atoms with van der Waals surface area (Å²) in [4.78, 5) is 0. The summed E-state index contributed by atoms with van der Waals surface area (Å²) >= 11 is 0. The van der Waals surface area contributed by atoms with Crippen LogP contribution in [-0.4, -0.2) is 8.80 Å². The zero-order valence-electron chi connectivity index (χ0n) is 15.8. The molecule has 0 N–H and O–H groups in total. The molecule has 0 aliphatic rings. The smallest absolute Gasteiger partial charge is 0.0624 e. The van der Waals surface area contributed by atoms with Gasteiger partial charge < -0.3 is 0 Å². The molecule has 0 heterocycles. The summed E-state index contributed by atoms with van der Waals surface area (Å²) in [7, 11) is -1.09. The van der Waals surface area contributed by atoms with Crippen LogP contribution in [0.15, 0.2) is 103 Å². The van der Waals surface area contributed by atoms with E-state index in [2.05, 4.69) is 117 Å². The van der Waals surface area contributed by atoms with Crippen LogP contribution in [0, 0.1) is 13.8 Å². The SMILES string of the molecule is Cc1ccccc1-c1c(C)cccc1[Si](c1ccccc1)c1ccccc1. The molecule has 0 spiro atoms. The van der Waals surface area contributed by atoms with Crippen LogP contribution < -0.4 is 15.6 Å². The maximum atomic E-state index is 2.34. The van der Waals surface area contributed by atoms with E-state index in [0.29, 0.717) is 0 Å². The lowest BCUT2D eigenvalue weighted by molar-refractivity contribution is 1.42. The first-order valence-electron chi connectivity index (χ1n) is 9.39. The van der Waals surface area contributed by atoms with Crippen LogP contribution in [0.5, 0.6) is 0 Å². The van der Waals surface area contributed by atoms with Gasteiger partial charge in [-0.2, -0.15) is 0 Å². The summed E-state index contributed by atoms with van der Waals surface area (Å²) in [5.41, 5.74) is 5.42. The lowest BCUT2D eigenvalue weighted by Crippen LogP contribution is -2.52. The lowest BCUT2D eigenvalue weighted by Gasteiger charge is -2.22. The molecule has 0 amide bonds. The molecule has 131 valence electrons. The molecule has 4 rings (SSSR count). The van der Waals surface area contributed by atoms with Gasteiger partial charge in [-0.1, -0.05) is 114 Å². The quantitative estimate of drug-likeness (QED) is 0.370. The topological polar surface area (TPSA) is 0 Å². The zero-order valence-corrected chi connectivity index (χ0v) is 16.8. The fourth-order valence-corrected chi connectivity index (χ4v) is 6.63. The highest BCUT2D eigenvalue weighted by molar-refractivity contribution is 6.96. The maximum absolute atomic E-state index is 2.34. The minimum atomic E-state index is -1.09. The normalized spacial score (nSPS) is 10.9. The van der Waals surface area contributed by atoms with Crippen molar-refractivity contribution < 1.29 is 0 Å². The number of hydrogen-bond donors (Lipinski definition) is 0. The third kappa shape index (κ3) is 3.51. The van der Waals surface area contributed by atoms with Crippen molar-refractivity contribution in [3.63, 3.8) is 0 Å². The molecule has 0 aromatic heterocycles. The minimum Gasteiger partial charge on any atom is -0.0624 e. The largest absolute Gasteiger partial charge is 0.155 e. The summed E-state index contributed by atoms with van der Waals surface area (Å²) in [6.45, 7) is 4.45. The summed E-state index contributed by atoms with van der Waals surface area (Å²) in [6, 6.07) is 37.5. The van der Waals surface area contributed by atoms with Gasteiger partial charge in [0.25, 0.3) is 0 Å². The van der Waals surface area contributed by atoms with E-state index in [1.165, 1.54) is 37.8 Å². The summed E-state index contributed by atoms with van der Waals surface area (Å²) in [6.07, 6.45) is 0. The van der Waals surface area contributed by atoms with Crippen molar-refractivity contribution in [1.82, 2.24) is 0 Å². The minimum absolute atomic E-state index is 1.09. The van der Waals surface area contributed by atoms with Gasteiger partial charge in [0.15, 0.2) is 8.80 Å². The second-order valence-corrected chi connectivity index (χ2v) is 9.36. The number of benzene rings is 4. The van der Waals surface area contributed by atoms with Gasteiger partial charge >= 0.3 is 0 Å². The Bertz CT molecular complexity index is 997. The average molecular weight is 364 g/mol. The Morgan fingerprint density at radius 3 is 1.59 bits per heavy atom. The summed E-state index contributed by atoms with van der Waals surface area (Å²) in [5.74, 6) is 0. The van der Waals surface area contributed by atoms with Crippen molar-refractivity contribution in [2.75, 3.05) is 0 Å². The fourth-order valence-electron chi connectivity index (χ4n) is 3.77. The van der Waals surface area contributed by atoms with E-state index in [-0.39, 0.29) is 0 Å². The van der Waals surface area contributed by atoms with Crippen LogP contribution in [0.4, 0.5) is 0 Å². The van der Waals surface area contributed by atoms with Crippen LogP contribution >= 0.6 is 0 Å². The Labute approximate surface area is 163 Å². The third-order valence-corrected chi connectivity index (χ3v) is 7.86. The maximum Gasteiger partial charge on any atom is 0.155 e. The molecule has 0 saturated carbocycles. The Balaban J connectivity index is 2.00. The number of hydrogen-bond acceptors (Lipinski definition) is 0. The second kappa shape index (κ2) is 7.77. The van der Waals surface area contributed by atoms with Crippen LogP contribution in [0.1, 0.15) is 11.1 Å². The van der Waals surface area contributed by atoms with Crippen LogP contribution in [-0.2, 0) is 0 Å². The third-order valence-electron chi connectivity index (χ3n) is 5.08. The van der Waals surface area contributed by atoms with Gasteiger partial charge in [0.2, 0.25) is 0 Å². The van der Waals surface area contributed by atoms with Gasteiger partial charge in [-0.15, -0.1) is 0 Å². The molecule has 0 nitrogen and oxygen atoms in total. The molecule has 27 heavy (non-hydrogen) atoms. The van der Waals surface area contributed by atoms with Crippen LogP contribution in [0.25, 0.3) is 11.1 Å². The predicted molar refractivity (Wildman–Crippen MR) is 119 cm³/mol. The highest BCUT2D eigenvalue weighted by atomic mass is 28.3. The van der Waals surface area contributed by atoms with E-state index < -0.39 is 8.80 Å². The van der Waals surface area contributed by atoms with Crippen LogP contribution in [0.2, 0.25) is 0 Å². The molecular weight excluding hydrogens is 340 g/mol. The molecule has 1 radical (unpaired) electrons. The number of rotatable bonds is 4. The van der Waals surface area contributed by atoms with E-state index in [0.717, 1.165) is 0 Å². The van der Waals surface area contributed by atoms with Gasteiger partial charge in [-0.05, 0) is 41.3 Å². The van der Waals surface area contributed by atoms with Crippen molar-refractivity contribution in [1.29, 1.82) is 0 Å². The van der Waals surface area contributed by atoms with E-state index in [1.807, 2.05) is 0 Å². The predicted octanol–water partition coefficient (Wildman–Crippen LogP) is 4.49. The molecule has 4 aromatic rings. The molecule has 0 saturated heterocycles. The fraction of sp³-hybridized carbons (Fsp3) is 0.0769.